The number of nitrogens with zero attached hydrogens (tertiary/aromatic N) is 1. The molecule has 0 aromatic heterocycles. The van der Waals surface area contributed by atoms with Crippen LogP contribution in [-0.4, -0.2) is 20.1 Å². The van der Waals surface area contributed by atoms with Crippen LogP contribution in [0.1, 0.15) is 24.0 Å². The number of hydrogen-bond acceptors (Lipinski definition) is 3. The van der Waals surface area contributed by atoms with E-state index in [4.69, 9.17) is 0 Å². The molecule has 0 fully saturated rings. The minimum absolute atomic E-state index is 0.0511. The van der Waals surface area contributed by atoms with E-state index in [1.165, 1.54) is 10.4 Å². The van der Waals surface area contributed by atoms with Gasteiger partial charge in [0.2, 0.25) is 0 Å². The van der Waals surface area contributed by atoms with Crippen LogP contribution in [0.2, 0.25) is 0 Å². The smallest absolute Gasteiger partial charge is 0.264 e. The number of rotatable bonds is 3. The molecule has 5 heteroatoms. The Balaban J connectivity index is 2.12. The maximum Gasteiger partial charge on any atom is 0.264 e. The van der Waals surface area contributed by atoms with Gasteiger partial charge in [-0.05, 0) is 37.6 Å². The molecule has 1 atom stereocenters. The fraction of sp³-hybridized carbons (Fsp3) is 0.222. The number of phenols is 1. The Kier molecular flexibility index (Phi) is 3.68. The van der Waals surface area contributed by atoms with Gasteiger partial charge in [-0.2, -0.15) is 0 Å². The summed E-state index contributed by atoms with van der Waals surface area (Å²) in [6, 6.07) is 11.6. The summed E-state index contributed by atoms with van der Waals surface area (Å²) >= 11 is 0. The number of fused-ring (bicyclic) bond motifs is 1. The standard InChI is InChI=1S/C18H19NO3S/c1-12(2)17-11-19(18-10-14(20)6-9-16(17)18)23(21,22)15-7-4-13(3)5-8-15/h4-10,17,20H,1,11H2,2-3H3. The fourth-order valence-corrected chi connectivity index (χ4v) is 4.39. The van der Waals surface area contributed by atoms with Crippen molar-refractivity contribution in [3.8, 4) is 5.75 Å². The van der Waals surface area contributed by atoms with Crippen molar-refractivity contribution < 1.29 is 13.5 Å². The molecule has 0 saturated carbocycles. The summed E-state index contributed by atoms with van der Waals surface area (Å²) in [5.74, 6) is -0.0129. The van der Waals surface area contributed by atoms with E-state index in [0.29, 0.717) is 12.2 Å². The van der Waals surface area contributed by atoms with Gasteiger partial charge in [0.15, 0.2) is 0 Å². The van der Waals surface area contributed by atoms with Gasteiger partial charge in [-0.25, -0.2) is 8.42 Å². The fourth-order valence-electron chi connectivity index (χ4n) is 2.89. The lowest BCUT2D eigenvalue weighted by Crippen LogP contribution is -2.30. The first-order chi connectivity index (χ1) is 10.8. The Labute approximate surface area is 136 Å². The molecule has 120 valence electrons. The first-order valence-corrected chi connectivity index (χ1v) is 8.82. The molecule has 0 radical (unpaired) electrons. The van der Waals surface area contributed by atoms with Gasteiger partial charge in [-0.15, -0.1) is 0 Å². The summed E-state index contributed by atoms with van der Waals surface area (Å²) in [5.41, 5.74) is 3.31. The molecular weight excluding hydrogens is 310 g/mol. The maximum atomic E-state index is 13.0. The average molecular weight is 329 g/mol. The Morgan fingerprint density at radius 1 is 1.22 bits per heavy atom. The monoisotopic (exact) mass is 329 g/mol. The number of phenolic OH excluding ortho intramolecular Hbond substituents is 1. The van der Waals surface area contributed by atoms with E-state index in [1.54, 1.807) is 36.4 Å². The van der Waals surface area contributed by atoms with Crippen molar-refractivity contribution in [1.29, 1.82) is 0 Å². The second-order valence-corrected chi connectivity index (χ2v) is 7.85. The molecule has 3 rings (SSSR count). The molecule has 1 heterocycles. The van der Waals surface area contributed by atoms with Crippen LogP contribution in [0.4, 0.5) is 5.69 Å². The van der Waals surface area contributed by atoms with Gasteiger partial charge in [-0.3, -0.25) is 4.31 Å². The van der Waals surface area contributed by atoms with E-state index < -0.39 is 10.0 Å². The predicted molar refractivity (Wildman–Crippen MR) is 91.4 cm³/mol. The lowest BCUT2D eigenvalue weighted by atomic mass is 9.95. The molecule has 2 aromatic rings. The molecule has 2 aromatic carbocycles. The van der Waals surface area contributed by atoms with E-state index in [1.807, 2.05) is 13.8 Å². The average Bonchev–Trinajstić information content (AvgIpc) is 2.87. The summed E-state index contributed by atoms with van der Waals surface area (Å²) in [7, 11) is -3.67. The molecule has 1 aliphatic rings. The maximum absolute atomic E-state index is 13.0. The highest BCUT2D eigenvalue weighted by molar-refractivity contribution is 7.92. The summed E-state index contributed by atoms with van der Waals surface area (Å²) in [6.45, 7) is 8.09. The molecule has 0 amide bonds. The highest BCUT2D eigenvalue weighted by Gasteiger charge is 2.37. The number of hydrogen-bond donors (Lipinski definition) is 1. The van der Waals surface area contributed by atoms with E-state index >= 15 is 0 Å². The molecule has 0 bridgehead atoms. The number of anilines is 1. The third-order valence-electron chi connectivity index (χ3n) is 4.21. The van der Waals surface area contributed by atoms with Crippen LogP contribution in [0.5, 0.6) is 5.75 Å². The first-order valence-electron chi connectivity index (χ1n) is 7.38. The van der Waals surface area contributed by atoms with Gasteiger partial charge in [-0.1, -0.05) is 35.9 Å². The topological polar surface area (TPSA) is 57.6 Å². The number of aromatic hydroxyl groups is 1. The van der Waals surface area contributed by atoms with Crippen LogP contribution in [0.25, 0.3) is 0 Å². The van der Waals surface area contributed by atoms with Crippen molar-refractivity contribution in [3.05, 3.63) is 65.7 Å². The Morgan fingerprint density at radius 2 is 1.87 bits per heavy atom. The van der Waals surface area contributed by atoms with Crippen LogP contribution < -0.4 is 4.31 Å². The third-order valence-corrected chi connectivity index (χ3v) is 6.00. The van der Waals surface area contributed by atoms with Gasteiger partial charge in [0, 0.05) is 18.5 Å². The van der Waals surface area contributed by atoms with Gasteiger partial charge >= 0.3 is 0 Å². The van der Waals surface area contributed by atoms with Crippen LogP contribution in [0.15, 0.2) is 59.5 Å². The second-order valence-electron chi connectivity index (χ2n) is 5.99. The minimum Gasteiger partial charge on any atom is -0.508 e. The van der Waals surface area contributed by atoms with Gasteiger partial charge in [0.05, 0.1) is 10.6 Å². The molecule has 0 saturated heterocycles. The summed E-state index contributed by atoms with van der Waals surface area (Å²) in [6.07, 6.45) is 0. The molecule has 4 nitrogen and oxygen atoms in total. The molecule has 0 spiro atoms. The Morgan fingerprint density at radius 3 is 2.48 bits per heavy atom. The highest BCUT2D eigenvalue weighted by Crippen LogP contribution is 2.43. The van der Waals surface area contributed by atoms with Gasteiger partial charge in [0.25, 0.3) is 10.0 Å². The molecular formula is C18H19NO3S. The zero-order valence-corrected chi connectivity index (χ0v) is 14.0. The van der Waals surface area contributed by atoms with Crippen LogP contribution in [-0.2, 0) is 10.0 Å². The van der Waals surface area contributed by atoms with E-state index in [0.717, 1.165) is 16.7 Å². The van der Waals surface area contributed by atoms with Crippen LogP contribution in [0.3, 0.4) is 0 Å². The van der Waals surface area contributed by atoms with E-state index in [9.17, 15) is 13.5 Å². The van der Waals surface area contributed by atoms with Crippen molar-refractivity contribution in [2.45, 2.75) is 24.7 Å². The largest absolute Gasteiger partial charge is 0.508 e. The second kappa shape index (κ2) is 5.42. The predicted octanol–water partition coefficient (Wildman–Crippen LogP) is 3.57. The third kappa shape index (κ3) is 2.61. The van der Waals surface area contributed by atoms with E-state index in [2.05, 4.69) is 6.58 Å². The quantitative estimate of drug-likeness (QED) is 0.876. The summed E-state index contributed by atoms with van der Waals surface area (Å²) < 4.78 is 27.4. The SMILES string of the molecule is C=C(C)C1CN(S(=O)(=O)c2ccc(C)cc2)c2cc(O)ccc21. The van der Waals surface area contributed by atoms with Crippen molar-refractivity contribution in [2.75, 3.05) is 10.8 Å². The van der Waals surface area contributed by atoms with Crippen LogP contribution in [0, 0.1) is 6.92 Å². The normalized spacial score (nSPS) is 17.1. The zero-order chi connectivity index (χ0) is 16.8. The van der Waals surface area contributed by atoms with Gasteiger partial charge < -0.3 is 5.11 Å². The lowest BCUT2D eigenvalue weighted by molar-refractivity contribution is 0.475. The zero-order valence-electron chi connectivity index (χ0n) is 13.2. The summed E-state index contributed by atoms with van der Waals surface area (Å²) in [5, 5.41) is 9.77. The minimum atomic E-state index is -3.67. The number of aryl methyl sites for hydroxylation is 1. The molecule has 1 unspecified atom stereocenters. The summed E-state index contributed by atoms with van der Waals surface area (Å²) in [4.78, 5) is 0.250. The van der Waals surface area contributed by atoms with Crippen molar-refractivity contribution in [3.63, 3.8) is 0 Å². The van der Waals surface area contributed by atoms with Crippen molar-refractivity contribution in [2.24, 2.45) is 0 Å². The van der Waals surface area contributed by atoms with Crippen molar-refractivity contribution in [1.82, 2.24) is 0 Å². The van der Waals surface area contributed by atoms with Crippen LogP contribution >= 0.6 is 0 Å². The Bertz CT molecular complexity index is 870. The molecule has 1 aliphatic heterocycles. The Hall–Kier alpha value is -2.27. The lowest BCUT2D eigenvalue weighted by Gasteiger charge is -2.20. The molecule has 1 N–H and O–H groups in total. The molecule has 0 aliphatic carbocycles. The highest BCUT2D eigenvalue weighted by atomic mass is 32.2. The first kappa shape index (κ1) is 15.6. The van der Waals surface area contributed by atoms with Crippen molar-refractivity contribution >= 4 is 15.7 Å². The molecule has 23 heavy (non-hydrogen) atoms. The number of benzene rings is 2. The van der Waals surface area contributed by atoms with Gasteiger partial charge in [0.1, 0.15) is 5.75 Å². The van der Waals surface area contributed by atoms with E-state index in [-0.39, 0.29) is 16.6 Å². The number of sulfonamides is 1.